The van der Waals surface area contributed by atoms with E-state index in [-0.39, 0.29) is 22.5 Å². The van der Waals surface area contributed by atoms with Gasteiger partial charge in [0.25, 0.3) is 5.91 Å². The van der Waals surface area contributed by atoms with Gasteiger partial charge in [-0.25, -0.2) is 0 Å². The maximum absolute atomic E-state index is 12.5. The molecule has 0 spiro atoms. The Morgan fingerprint density at radius 2 is 1.86 bits per heavy atom. The fourth-order valence-electron chi connectivity index (χ4n) is 2.68. The first-order valence-corrected chi connectivity index (χ1v) is 10.5. The van der Waals surface area contributed by atoms with E-state index in [1.54, 1.807) is 42.8 Å². The number of rotatable bonds is 7. The highest BCUT2D eigenvalue weighted by atomic mass is 35.5. The minimum absolute atomic E-state index is 0.0129. The van der Waals surface area contributed by atoms with Crippen molar-refractivity contribution in [2.24, 2.45) is 7.05 Å². The summed E-state index contributed by atoms with van der Waals surface area (Å²) >= 11 is 13.3. The summed E-state index contributed by atoms with van der Waals surface area (Å²) in [6.07, 6.45) is 0. The summed E-state index contributed by atoms with van der Waals surface area (Å²) in [7, 11) is 1.79. The number of carbonyl (C=O) groups is 2. The summed E-state index contributed by atoms with van der Waals surface area (Å²) in [6, 6.07) is 13.4. The Labute approximate surface area is 182 Å². The zero-order chi connectivity index (χ0) is 21.0. The molecule has 150 valence electrons. The van der Waals surface area contributed by atoms with Crippen molar-refractivity contribution in [2.75, 3.05) is 5.75 Å². The predicted molar refractivity (Wildman–Crippen MR) is 115 cm³/mol. The van der Waals surface area contributed by atoms with Crippen LogP contribution in [0.5, 0.6) is 0 Å². The first kappa shape index (κ1) is 21.4. The van der Waals surface area contributed by atoms with Crippen LogP contribution in [0.1, 0.15) is 39.5 Å². The second-order valence-corrected chi connectivity index (χ2v) is 8.08. The van der Waals surface area contributed by atoms with Gasteiger partial charge in [0, 0.05) is 17.6 Å². The Morgan fingerprint density at radius 3 is 2.55 bits per heavy atom. The van der Waals surface area contributed by atoms with Crippen LogP contribution in [0.4, 0.5) is 0 Å². The van der Waals surface area contributed by atoms with Gasteiger partial charge < -0.3 is 9.88 Å². The Morgan fingerprint density at radius 1 is 1.14 bits per heavy atom. The number of Topliss-reactive ketones (excluding diaryl/α,β-unsaturated/α-hetero) is 1. The normalized spacial score (nSPS) is 11.9. The van der Waals surface area contributed by atoms with Crippen molar-refractivity contribution < 1.29 is 9.59 Å². The van der Waals surface area contributed by atoms with Crippen LogP contribution in [-0.4, -0.2) is 32.2 Å². The molecule has 3 aromatic rings. The van der Waals surface area contributed by atoms with Crippen molar-refractivity contribution in [3.05, 3.63) is 75.5 Å². The van der Waals surface area contributed by atoms with E-state index in [4.69, 9.17) is 23.2 Å². The number of nitrogens with zero attached hydrogens (tertiary/aromatic N) is 3. The van der Waals surface area contributed by atoms with E-state index in [2.05, 4.69) is 15.5 Å². The molecule has 9 heteroatoms. The van der Waals surface area contributed by atoms with Gasteiger partial charge in [-0.05, 0) is 25.1 Å². The summed E-state index contributed by atoms with van der Waals surface area (Å²) in [4.78, 5) is 24.8. The molecule has 0 aliphatic carbocycles. The maximum Gasteiger partial charge on any atom is 0.253 e. The minimum Gasteiger partial charge on any atom is -0.342 e. The topological polar surface area (TPSA) is 76.9 Å². The van der Waals surface area contributed by atoms with Crippen molar-refractivity contribution in [3.8, 4) is 0 Å². The molecule has 0 aliphatic rings. The molecule has 1 amide bonds. The molecule has 29 heavy (non-hydrogen) atoms. The fourth-order valence-corrected chi connectivity index (χ4v) is 3.99. The first-order chi connectivity index (χ1) is 13.9. The maximum atomic E-state index is 12.5. The third kappa shape index (κ3) is 5.18. The average Bonchev–Trinajstić information content (AvgIpc) is 3.07. The third-order valence-electron chi connectivity index (χ3n) is 4.21. The summed E-state index contributed by atoms with van der Waals surface area (Å²) in [5.41, 5.74) is 0.982. The van der Waals surface area contributed by atoms with Crippen molar-refractivity contribution >= 4 is 46.7 Å². The lowest BCUT2D eigenvalue weighted by atomic mass is 10.2. The largest absolute Gasteiger partial charge is 0.342 e. The number of ketones is 1. The van der Waals surface area contributed by atoms with Crippen molar-refractivity contribution in [1.29, 1.82) is 0 Å². The number of nitrogens with one attached hydrogen (secondary N) is 1. The van der Waals surface area contributed by atoms with Gasteiger partial charge in [-0.1, -0.05) is 65.3 Å². The highest BCUT2D eigenvalue weighted by Crippen LogP contribution is 2.23. The highest BCUT2D eigenvalue weighted by Gasteiger charge is 2.20. The molecule has 1 heterocycles. The van der Waals surface area contributed by atoms with Gasteiger partial charge in [0.1, 0.15) is 0 Å². The molecular weight excluding hydrogens is 431 g/mol. The van der Waals surface area contributed by atoms with Gasteiger partial charge in [-0.2, -0.15) is 0 Å². The number of halogens is 2. The zero-order valence-electron chi connectivity index (χ0n) is 15.7. The summed E-state index contributed by atoms with van der Waals surface area (Å²) in [5, 5.41) is 12.5. The number of aromatic nitrogens is 3. The van der Waals surface area contributed by atoms with Crippen LogP contribution >= 0.6 is 35.0 Å². The fraction of sp³-hybridized carbons (Fsp3) is 0.200. The van der Waals surface area contributed by atoms with Gasteiger partial charge >= 0.3 is 0 Å². The lowest BCUT2D eigenvalue weighted by Crippen LogP contribution is -2.28. The van der Waals surface area contributed by atoms with E-state index in [9.17, 15) is 9.59 Å². The van der Waals surface area contributed by atoms with E-state index in [0.29, 0.717) is 27.1 Å². The van der Waals surface area contributed by atoms with E-state index in [1.807, 2.05) is 18.2 Å². The number of hydrogen-bond acceptors (Lipinski definition) is 5. The molecule has 0 saturated heterocycles. The molecule has 0 aliphatic heterocycles. The van der Waals surface area contributed by atoms with Crippen LogP contribution in [0.25, 0.3) is 0 Å². The van der Waals surface area contributed by atoms with Gasteiger partial charge in [-0.3, -0.25) is 9.59 Å². The lowest BCUT2D eigenvalue weighted by molar-refractivity contribution is 0.0937. The van der Waals surface area contributed by atoms with Gasteiger partial charge in [-0.15, -0.1) is 10.2 Å². The smallest absolute Gasteiger partial charge is 0.253 e. The minimum atomic E-state index is -0.411. The SMILES string of the molecule is C[C@@H](NC(=O)c1ccc(Cl)cc1Cl)c1nnc(SCC(=O)c2ccccc2)n1C. The first-order valence-electron chi connectivity index (χ1n) is 8.73. The van der Waals surface area contributed by atoms with Crippen LogP contribution in [0, 0.1) is 0 Å². The molecule has 0 radical (unpaired) electrons. The van der Waals surface area contributed by atoms with Crippen LogP contribution in [0.3, 0.4) is 0 Å². The molecule has 1 N–H and O–H groups in total. The molecule has 1 aromatic heterocycles. The standard InChI is InChI=1S/C20H18Cl2N4O2S/c1-12(23-19(28)15-9-8-14(21)10-16(15)22)18-24-25-20(26(18)2)29-11-17(27)13-6-4-3-5-7-13/h3-10,12H,11H2,1-2H3,(H,23,28)/t12-/m1/s1. The number of amides is 1. The summed E-state index contributed by atoms with van der Waals surface area (Å²) < 4.78 is 1.76. The van der Waals surface area contributed by atoms with Gasteiger partial charge in [0.2, 0.25) is 0 Å². The number of benzene rings is 2. The molecule has 0 unspecified atom stereocenters. The van der Waals surface area contributed by atoms with E-state index >= 15 is 0 Å². The van der Waals surface area contributed by atoms with Gasteiger partial charge in [0.15, 0.2) is 16.8 Å². The van der Waals surface area contributed by atoms with Crippen LogP contribution in [0.2, 0.25) is 10.0 Å². The van der Waals surface area contributed by atoms with E-state index < -0.39 is 6.04 Å². The van der Waals surface area contributed by atoms with E-state index in [0.717, 1.165) is 0 Å². The Balaban J connectivity index is 1.65. The average molecular weight is 449 g/mol. The van der Waals surface area contributed by atoms with Crippen molar-refractivity contribution in [2.45, 2.75) is 18.1 Å². The number of thioether (sulfide) groups is 1. The monoisotopic (exact) mass is 448 g/mol. The van der Waals surface area contributed by atoms with E-state index in [1.165, 1.54) is 17.8 Å². The summed E-state index contributed by atoms with van der Waals surface area (Å²) in [6.45, 7) is 1.80. The molecular formula is C20H18Cl2N4O2S. The molecule has 0 bridgehead atoms. The number of hydrogen-bond donors (Lipinski definition) is 1. The highest BCUT2D eigenvalue weighted by molar-refractivity contribution is 7.99. The Hall–Kier alpha value is -2.35. The third-order valence-corrected chi connectivity index (χ3v) is 5.78. The number of carbonyl (C=O) groups excluding carboxylic acids is 2. The molecule has 1 atom stereocenters. The quantitative estimate of drug-likeness (QED) is 0.422. The second-order valence-electron chi connectivity index (χ2n) is 6.30. The van der Waals surface area contributed by atoms with Crippen LogP contribution in [0.15, 0.2) is 53.7 Å². The second kappa shape index (κ2) is 9.43. The van der Waals surface area contributed by atoms with Crippen molar-refractivity contribution in [1.82, 2.24) is 20.1 Å². The summed E-state index contributed by atoms with van der Waals surface area (Å²) in [5.74, 6) is 0.490. The van der Waals surface area contributed by atoms with Gasteiger partial charge in [0.05, 0.1) is 22.4 Å². The Bertz CT molecular complexity index is 1040. The van der Waals surface area contributed by atoms with Crippen LogP contribution < -0.4 is 5.32 Å². The molecule has 6 nitrogen and oxygen atoms in total. The Kier molecular flexibility index (Phi) is 6.95. The zero-order valence-corrected chi connectivity index (χ0v) is 18.1. The molecule has 0 saturated carbocycles. The molecule has 0 fully saturated rings. The van der Waals surface area contributed by atoms with Crippen LogP contribution in [-0.2, 0) is 7.05 Å². The van der Waals surface area contributed by atoms with Crippen molar-refractivity contribution in [3.63, 3.8) is 0 Å². The molecule has 3 rings (SSSR count). The molecule has 2 aromatic carbocycles. The lowest BCUT2D eigenvalue weighted by Gasteiger charge is -2.14. The predicted octanol–water partition coefficient (Wildman–Crippen LogP) is 4.59.